The van der Waals surface area contributed by atoms with Crippen LogP contribution < -0.4 is 9.64 Å². The summed E-state index contributed by atoms with van der Waals surface area (Å²) in [6, 6.07) is 7.96. The molecular weight excluding hydrogens is 358 g/mol. The van der Waals surface area contributed by atoms with Gasteiger partial charge in [-0.3, -0.25) is 4.79 Å². The maximum atomic E-state index is 11.2. The zero-order valence-corrected chi connectivity index (χ0v) is 15.8. The van der Waals surface area contributed by atoms with Gasteiger partial charge in [-0.05, 0) is 37.5 Å². The van der Waals surface area contributed by atoms with Gasteiger partial charge in [0.05, 0.1) is 30.7 Å². The summed E-state index contributed by atoms with van der Waals surface area (Å²) in [5.41, 5.74) is 1.85. The Morgan fingerprint density at radius 1 is 1.29 bits per heavy atom. The first-order valence-electron chi connectivity index (χ1n) is 9.51. The molecule has 1 aliphatic heterocycles. The molecule has 1 fully saturated rings. The molecule has 0 aliphatic carbocycles. The van der Waals surface area contributed by atoms with Crippen LogP contribution in [-0.2, 0) is 11.3 Å². The highest BCUT2D eigenvalue weighted by atomic mass is 16.5. The molecule has 4 rings (SSSR count). The quantitative estimate of drug-likeness (QED) is 0.701. The van der Waals surface area contributed by atoms with Crippen LogP contribution in [0.1, 0.15) is 25.3 Å². The van der Waals surface area contributed by atoms with Crippen molar-refractivity contribution in [2.24, 2.45) is 5.92 Å². The summed E-state index contributed by atoms with van der Waals surface area (Å²) in [6.07, 6.45) is 4.59. The van der Waals surface area contributed by atoms with Gasteiger partial charge in [0, 0.05) is 13.1 Å². The molecule has 0 spiro atoms. The molecular formula is C20H23N5O3. The van der Waals surface area contributed by atoms with E-state index in [1.807, 2.05) is 35.9 Å². The maximum absolute atomic E-state index is 11.2. The Hall–Kier alpha value is -3.16. The van der Waals surface area contributed by atoms with E-state index in [0.29, 0.717) is 39.1 Å². The number of aliphatic carboxylic acids is 1. The molecule has 0 saturated carbocycles. The van der Waals surface area contributed by atoms with Gasteiger partial charge in [0.25, 0.3) is 0 Å². The Labute approximate surface area is 162 Å². The molecule has 3 aromatic rings. The molecule has 8 heteroatoms. The van der Waals surface area contributed by atoms with E-state index in [-0.39, 0.29) is 5.92 Å². The highest BCUT2D eigenvalue weighted by Gasteiger charge is 2.26. The van der Waals surface area contributed by atoms with Gasteiger partial charge in [-0.25, -0.2) is 14.6 Å². The molecule has 1 saturated heterocycles. The summed E-state index contributed by atoms with van der Waals surface area (Å²) in [5, 5.41) is 14.6. The van der Waals surface area contributed by atoms with E-state index >= 15 is 0 Å². The molecule has 1 aromatic carbocycles. The van der Waals surface area contributed by atoms with Crippen LogP contribution in [0.2, 0.25) is 0 Å². The summed E-state index contributed by atoms with van der Waals surface area (Å²) >= 11 is 0. The van der Waals surface area contributed by atoms with Crippen LogP contribution >= 0.6 is 0 Å². The fourth-order valence-electron chi connectivity index (χ4n) is 3.66. The number of aromatic nitrogens is 4. The van der Waals surface area contributed by atoms with Gasteiger partial charge in [0.2, 0.25) is 0 Å². The average molecular weight is 381 g/mol. The van der Waals surface area contributed by atoms with Crippen molar-refractivity contribution in [3.8, 4) is 5.75 Å². The van der Waals surface area contributed by atoms with Crippen LogP contribution in [0.5, 0.6) is 5.75 Å². The molecule has 0 bridgehead atoms. The fraction of sp³-hybridized carbons (Fsp3) is 0.400. The number of benzene rings is 1. The number of anilines is 1. The van der Waals surface area contributed by atoms with Gasteiger partial charge in [-0.2, -0.15) is 5.10 Å². The molecule has 8 nitrogen and oxygen atoms in total. The number of carboxylic acid groups (broad SMARTS) is 1. The van der Waals surface area contributed by atoms with Crippen LogP contribution in [-0.4, -0.2) is 50.5 Å². The molecule has 28 heavy (non-hydrogen) atoms. The molecule has 3 heterocycles. The van der Waals surface area contributed by atoms with Crippen LogP contribution in [0.3, 0.4) is 0 Å². The number of hydrogen-bond acceptors (Lipinski definition) is 6. The van der Waals surface area contributed by atoms with E-state index in [4.69, 9.17) is 4.74 Å². The minimum Gasteiger partial charge on any atom is -0.494 e. The van der Waals surface area contributed by atoms with E-state index in [2.05, 4.69) is 20.0 Å². The number of fused-ring (bicyclic) bond motifs is 1. The monoisotopic (exact) mass is 381 g/mol. The third kappa shape index (κ3) is 3.62. The predicted molar refractivity (Wildman–Crippen MR) is 105 cm³/mol. The Bertz CT molecular complexity index is 979. The van der Waals surface area contributed by atoms with E-state index in [1.165, 1.54) is 0 Å². The summed E-state index contributed by atoms with van der Waals surface area (Å²) in [4.78, 5) is 22.2. The third-order valence-corrected chi connectivity index (χ3v) is 5.10. The second kappa shape index (κ2) is 7.84. The van der Waals surface area contributed by atoms with Crippen molar-refractivity contribution in [2.45, 2.75) is 26.3 Å². The van der Waals surface area contributed by atoms with Crippen molar-refractivity contribution in [3.63, 3.8) is 0 Å². The summed E-state index contributed by atoms with van der Waals surface area (Å²) in [5.74, 6) is 0.680. The lowest BCUT2D eigenvalue weighted by atomic mass is 9.97. The highest BCUT2D eigenvalue weighted by molar-refractivity contribution is 5.86. The van der Waals surface area contributed by atoms with Crippen molar-refractivity contribution >= 4 is 22.8 Å². The minimum atomic E-state index is -0.713. The number of hydrogen-bond donors (Lipinski definition) is 1. The zero-order valence-electron chi connectivity index (χ0n) is 15.8. The zero-order chi connectivity index (χ0) is 19.5. The Morgan fingerprint density at radius 2 is 2.11 bits per heavy atom. The largest absolute Gasteiger partial charge is 0.494 e. The SMILES string of the molecule is CCOc1cccc(Cn2ncc3c(N4CCC(C(=O)O)CC4)ncnc32)c1. The topological polar surface area (TPSA) is 93.4 Å². The molecule has 0 amide bonds. The Morgan fingerprint density at radius 3 is 2.86 bits per heavy atom. The van der Waals surface area contributed by atoms with Gasteiger partial charge in [-0.15, -0.1) is 0 Å². The van der Waals surface area contributed by atoms with E-state index in [9.17, 15) is 9.90 Å². The average Bonchev–Trinajstić information content (AvgIpc) is 3.11. The summed E-state index contributed by atoms with van der Waals surface area (Å²) < 4.78 is 7.43. The first-order chi connectivity index (χ1) is 13.7. The number of piperidine rings is 1. The standard InChI is InChI=1S/C20H23N5O3/c1-2-28-16-5-3-4-14(10-16)12-25-19-17(11-23-25)18(21-13-22-19)24-8-6-15(7-9-24)20(26)27/h3-5,10-11,13,15H,2,6-9,12H2,1H3,(H,26,27). The maximum Gasteiger partial charge on any atom is 0.306 e. The van der Waals surface area contributed by atoms with E-state index < -0.39 is 5.97 Å². The number of rotatable bonds is 6. The molecule has 1 N–H and O–H groups in total. The van der Waals surface area contributed by atoms with Crippen LogP contribution in [0.25, 0.3) is 11.0 Å². The Balaban J connectivity index is 1.57. The number of carboxylic acids is 1. The van der Waals surface area contributed by atoms with Crippen molar-refractivity contribution in [1.82, 2.24) is 19.7 Å². The van der Waals surface area contributed by atoms with Crippen LogP contribution in [0.15, 0.2) is 36.8 Å². The minimum absolute atomic E-state index is 0.270. The van der Waals surface area contributed by atoms with E-state index in [1.54, 1.807) is 12.5 Å². The molecule has 146 valence electrons. The van der Waals surface area contributed by atoms with Gasteiger partial charge < -0.3 is 14.7 Å². The van der Waals surface area contributed by atoms with Gasteiger partial charge >= 0.3 is 5.97 Å². The smallest absolute Gasteiger partial charge is 0.306 e. The normalized spacial score (nSPS) is 15.1. The predicted octanol–water partition coefficient (Wildman–Crippen LogP) is 2.57. The molecule has 1 aliphatic rings. The highest BCUT2D eigenvalue weighted by Crippen LogP contribution is 2.27. The first-order valence-corrected chi connectivity index (χ1v) is 9.51. The molecule has 0 radical (unpaired) electrons. The lowest BCUT2D eigenvalue weighted by Crippen LogP contribution is -2.36. The number of nitrogens with zero attached hydrogens (tertiary/aromatic N) is 5. The summed E-state index contributed by atoms with van der Waals surface area (Å²) in [7, 11) is 0. The van der Waals surface area contributed by atoms with Crippen molar-refractivity contribution in [1.29, 1.82) is 0 Å². The lowest BCUT2D eigenvalue weighted by Gasteiger charge is -2.31. The van der Waals surface area contributed by atoms with Gasteiger partial charge in [0.15, 0.2) is 5.65 Å². The van der Waals surface area contributed by atoms with Crippen molar-refractivity contribution in [2.75, 3.05) is 24.6 Å². The Kier molecular flexibility index (Phi) is 5.10. The summed E-state index contributed by atoms with van der Waals surface area (Å²) in [6.45, 7) is 4.52. The van der Waals surface area contributed by atoms with Crippen LogP contribution in [0, 0.1) is 5.92 Å². The van der Waals surface area contributed by atoms with Gasteiger partial charge in [0.1, 0.15) is 17.9 Å². The molecule has 2 aromatic heterocycles. The first kappa shape index (κ1) is 18.2. The van der Waals surface area contributed by atoms with E-state index in [0.717, 1.165) is 28.2 Å². The fourth-order valence-corrected chi connectivity index (χ4v) is 3.66. The number of carbonyl (C=O) groups is 1. The lowest BCUT2D eigenvalue weighted by molar-refractivity contribution is -0.142. The number of ether oxygens (including phenoxy) is 1. The molecule has 0 atom stereocenters. The van der Waals surface area contributed by atoms with Crippen molar-refractivity contribution in [3.05, 3.63) is 42.4 Å². The van der Waals surface area contributed by atoms with Crippen molar-refractivity contribution < 1.29 is 14.6 Å². The second-order valence-electron chi connectivity index (χ2n) is 6.92. The van der Waals surface area contributed by atoms with Crippen LogP contribution in [0.4, 0.5) is 5.82 Å². The third-order valence-electron chi connectivity index (χ3n) is 5.10. The molecule has 0 unspecified atom stereocenters. The second-order valence-corrected chi connectivity index (χ2v) is 6.92. The van der Waals surface area contributed by atoms with Gasteiger partial charge in [-0.1, -0.05) is 12.1 Å².